The Morgan fingerprint density at radius 1 is 1.16 bits per heavy atom. The van der Waals surface area contributed by atoms with Gasteiger partial charge in [-0.2, -0.15) is 0 Å². The third-order valence-corrected chi connectivity index (χ3v) is 3.99. The molecule has 0 spiro atoms. The lowest BCUT2D eigenvalue weighted by Gasteiger charge is -2.18. The van der Waals surface area contributed by atoms with Crippen molar-refractivity contribution in [2.75, 3.05) is 0 Å². The molecule has 98 valence electrons. The Kier molecular flexibility index (Phi) is 3.58. The van der Waals surface area contributed by atoms with E-state index in [0.29, 0.717) is 6.42 Å². The van der Waals surface area contributed by atoms with Crippen molar-refractivity contribution in [1.82, 2.24) is 0 Å². The van der Waals surface area contributed by atoms with Crippen LogP contribution in [-0.4, -0.2) is 17.3 Å². The van der Waals surface area contributed by atoms with Crippen LogP contribution in [-0.2, 0) is 12.8 Å². The highest BCUT2D eigenvalue weighted by atomic mass is 79.9. The van der Waals surface area contributed by atoms with E-state index in [2.05, 4.69) is 22.0 Å². The molecule has 0 aliphatic carbocycles. The summed E-state index contributed by atoms with van der Waals surface area (Å²) < 4.78 is 6.86. The second-order valence-electron chi connectivity index (χ2n) is 4.87. The largest absolute Gasteiger partial charge is 0.487 e. The van der Waals surface area contributed by atoms with Gasteiger partial charge in [0, 0.05) is 17.3 Å². The van der Waals surface area contributed by atoms with Crippen molar-refractivity contribution in [2.45, 2.75) is 25.0 Å². The molecule has 2 aromatic carbocycles. The molecule has 1 heterocycles. The van der Waals surface area contributed by atoms with Crippen molar-refractivity contribution in [3.63, 3.8) is 0 Å². The second-order valence-corrected chi connectivity index (χ2v) is 5.78. The molecule has 1 aliphatic rings. The van der Waals surface area contributed by atoms with Gasteiger partial charge in [-0.1, -0.05) is 46.3 Å². The Bertz CT molecular complexity index is 540. The molecule has 0 saturated carbocycles. The van der Waals surface area contributed by atoms with Gasteiger partial charge >= 0.3 is 0 Å². The SMILES string of the molecule is OC(Cc1ccc(Br)cc1)C1Cc2ccccc2O1. The quantitative estimate of drug-likeness (QED) is 0.940. The van der Waals surface area contributed by atoms with Gasteiger partial charge in [-0.15, -0.1) is 0 Å². The van der Waals surface area contributed by atoms with Crippen LogP contribution in [0.5, 0.6) is 5.75 Å². The molecule has 2 atom stereocenters. The summed E-state index contributed by atoms with van der Waals surface area (Å²) in [4.78, 5) is 0. The Balaban J connectivity index is 1.66. The highest BCUT2D eigenvalue weighted by molar-refractivity contribution is 9.10. The van der Waals surface area contributed by atoms with E-state index < -0.39 is 6.10 Å². The van der Waals surface area contributed by atoms with E-state index in [0.717, 1.165) is 22.2 Å². The third kappa shape index (κ3) is 2.82. The number of hydrogen-bond acceptors (Lipinski definition) is 2. The van der Waals surface area contributed by atoms with E-state index in [4.69, 9.17) is 4.74 Å². The molecule has 0 bridgehead atoms. The predicted octanol–water partition coefficient (Wildman–Crippen LogP) is 3.36. The smallest absolute Gasteiger partial charge is 0.129 e. The van der Waals surface area contributed by atoms with Crippen molar-refractivity contribution < 1.29 is 9.84 Å². The summed E-state index contributed by atoms with van der Waals surface area (Å²) in [5.41, 5.74) is 2.30. The monoisotopic (exact) mass is 318 g/mol. The van der Waals surface area contributed by atoms with Crippen molar-refractivity contribution in [3.05, 3.63) is 64.1 Å². The zero-order chi connectivity index (χ0) is 13.2. The Morgan fingerprint density at radius 3 is 2.63 bits per heavy atom. The van der Waals surface area contributed by atoms with Gasteiger partial charge in [-0.3, -0.25) is 0 Å². The summed E-state index contributed by atoms with van der Waals surface area (Å²) in [5.74, 6) is 0.905. The number of rotatable bonds is 3. The first-order valence-electron chi connectivity index (χ1n) is 6.39. The van der Waals surface area contributed by atoms with E-state index in [1.807, 2.05) is 42.5 Å². The van der Waals surface area contributed by atoms with Crippen molar-refractivity contribution >= 4 is 15.9 Å². The summed E-state index contributed by atoms with van der Waals surface area (Å²) in [6.45, 7) is 0. The molecule has 0 saturated heterocycles. The highest BCUT2D eigenvalue weighted by Crippen LogP contribution is 2.30. The molecule has 1 N–H and O–H groups in total. The highest BCUT2D eigenvalue weighted by Gasteiger charge is 2.28. The Morgan fingerprint density at radius 2 is 1.89 bits per heavy atom. The van der Waals surface area contributed by atoms with Crippen molar-refractivity contribution in [3.8, 4) is 5.75 Å². The average molecular weight is 319 g/mol. The number of aliphatic hydroxyl groups is 1. The number of para-hydroxylation sites is 1. The molecule has 0 aromatic heterocycles. The van der Waals surface area contributed by atoms with E-state index in [1.54, 1.807) is 0 Å². The molecule has 0 radical (unpaired) electrons. The van der Waals surface area contributed by atoms with Crippen LogP contribution in [0.2, 0.25) is 0 Å². The number of hydrogen-bond donors (Lipinski definition) is 1. The maximum Gasteiger partial charge on any atom is 0.129 e. The van der Waals surface area contributed by atoms with Gasteiger partial charge in [-0.05, 0) is 29.3 Å². The van der Waals surface area contributed by atoms with Gasteiger partial charge in [0.15, 0.2) is 0 Å². The fourth-order valence-electron chi connectivity index (χ4n) is 2.42. The van der Waals surface area contributed by atoms with Gasteiger partial charge in [0.1, 0.15) is 11.9 Å². The minimum absolute atomic E-state index is 0.138. The van der Waals surface area contributed by atoms with Crippen LogP contribution in [0.25, 0.3) is 0 Å². The fraction of sp³-hybridized carbons (Fsp3) is 0.250. The number of halogens is 1. The molecule has 19 heavy (non-hydrogen) atoms. The Labute approximate surface area is 121 Å². The second kappa shape index (κ2) is 5.35. The maximum absolute atomic E-state index is 10.3. The summed E-state index contributed by atoms with van der Waals surface area (Å²) in [7, 11) is 0. The molecule has 2 unspecified atom stereocenters. The lowest BCUT2D eigenvalue weighted by Crippen LogP contribution is -2.31. The van der Waals surface area contributed by atoms with Crippen LogP contribution in [0.1, 0.15) is 11.1 Å². The zero-order valence-corrected chi connectivity index (χ0v) is 12.0. The molecule has 2 aromatic rings. The number of ether oxygens (including phenoxy) is 1. The van der Waals surface area contributed by atoms with Crippen LogP contribution < -0.4 is 4.74 Å². The minimum atomic E-state index is -0.478. The summed E-state index contributed by atoms with van der Waals surface area (Å²) in [6, 6.07) is 16.0. The van der Waals surface area contributed by atoms with Crippen LogP contribution in [0, 0.1) is 0 Å². The van der Waals surface area contributed by atoms with Crippen LogP contribution in [0.4, 0.5) is 0 Å². The van der Waals surface area contributed by atoms with Gasteiger partial charge in [-0.25, -0.2) is 0 Å². The molecular formula is C16H15BrO2. The molecule has 0 fully saturated rings. The summed E-state index contributed by atoms with van der Waals surface area (Å²) >= 11 is 3.41. The first kappa shape index (κ1) is 12.7. The fourth-order valence-corrected chi connectivity index (χ4v) is 2.68. The molecular weight excluding hydrogens is 304 g/mol. The van der Waals surface area contributed by atoms with Gasteiger partial charge in [0.2, 0.25) is 0 Å². The van der Waals surface area contributed by atoms with Gasteiger partial charge in [0.25, 0.3) is 0 Å². The predicted molar refractivity (Wildman–Crippen MR) is 78.4 cm³/mol. The van der Waals surface area contributed by atoms with E-state index in [-0.39, 0.29) is 6.10 Å². The average Bonchev–Trinajstić information content (AvgIpc) is 2.85. The number of aliphatic hydroxyl groups excluding tert-OH is 1. The van der Waals surface area contributed by atoms with Crippen LogP contribution in [0.3, 0.4) is 0 Å². The summed E-state index contributed by atoms with van der Waals surface area (Å²) in [6.07, 6.45) is 0.786. The first-order chi connectivity index (χ1) is 9.22. The molecule has 3 rings (SSSR count). The number of benzene rings is 2. The summed E-state index contributed by atoms with van der Waals surface area (Å²) in [5, 5.41) is 10.3. The third-order valence-electron chi connectivity index (χ3n) is 3.46. The molecule has 2 nitrogen and oxygen atoms in total. The van der Waals surface area contributed by atoms with Crippen molar-refractivity contribution in [2.24, 2.45) is 0 Å². The standard InChI is InChI=1S/C16H15BrO2/c17-13-7-5-11(6-8-13)9-14(18)16-10-12-3-1-2-4-15(12)19-16/h1-8,14,16,18H,9-10H2. The first-order valence-corrected chi connectivity index (χ1v) is 7.19. The van der Waals surface area contributed by atoms with Crippen LogP contribution >= 0.6 is 15.9 Å². The van der Waals surface area contributed by atoms with Gasteiger partial charge in [0.05, 0.1) is 6.10 Å². The van der Waals surface area contributed by atoms with E-state index in [1.165, 1.54) is 5.56 Å². The van der Waals surface area contributed by atoms with Crippen LogP contribution in [0.15, 0.2) is 53.0 Å². The molecule has 1 aliphatic heterocycles. The topological polar surface area (TPSA) is 29.5 Å². The van der Waals surface area contributed by atoms with E-state index >= 15 is 0 Å². The Hall–Kier alpha value is -1.32. The normalized spacial score (nSPS) is 18.7. The maximum atomic E-state index is 10.3. The minimum Gasteiger partial charge on any atom is -0.487 e. The number of fused-ring (bicyclic) bond motifs is 1. The van der Waals surface area contributed by atoms with Crippen molar-refractivity contribution in [1.29, 1.82) is 0 Å². The zero-order valence-electron chi connectivity index (χ0n) is 10.4. The lowest BCUT2D eigenvalue weighted by molar-refractivity contribution is 0.0503. The molecule has 3 heteroatoms. The molecule has 0 amide bonds. The van der Waals surface area contributed by atoms with E-state index in [9.17, 15) is 5.11 Å². The van der Waals surface area contributed by atoms with Gasteiger partial charge < -0.3 is 9.84 Å². The lowest BCUT2D eigenvalue weighted by atomic mass is 10.0.